The summed E-state index contributed by atoms with van der Waals surface area (Å²) in [5.41, 5.74) is 35.5. The molecule has 0 bridgehead atoms. The molecule has 4 N–H and O–H groups in total. The lowest BCUT2D eigenvalue weighted by molar-refractivity contribution is 0.128. The Balaban J connectivity index is 0.881. The highest BCUT2D eigenvalue weighted by atomic mass is 15.2. The Bertz CT molecular complexity index is 3620. The number of benzene rings is 2. The van der Waals surface area contributed by atoms with Gasteiger partial charge in [-0.25, -0.2) is 0 Å². The standard InChI is InChI=1S/C98H140N4/c1-17-19-21-23-25-81-63-94(92-54-52-90(62-68(92)8)102(86-45-33-78(34-46-86)76-29-41-84(42-30-76)98(15,16)100)88-49-37-80(38-50-88)96-71(11)59-74(56-66(5)6)60-72(96)12)82(26-24-22-20-18-2)64-93(81)91-53-51-89(61-67(91)7)101(85-43-31-77(32-44-85)75-27-39-83(40-28-75)97(13,14)99)87-47-35-79(36-48-87)95-69(9)57-73(55-65(3)4)58-70(95)10/h27,29,31-39,41,43,45,47-49,57-66,69,75-76,82-86,88-92,94-95H,17-26,28,30,40,42,44,46,50-56,99-100H2,1-16H3. The lowest BCUT2D eigenvalue weighted by Gasteiger charge is -2.46. The van der Waals surface area contributed by atoms with Crippen LogP contribution in [-0.2, 0) is 6.42 Å². The van der Waals surface area contributed by atoms with Crippen LogP contribution in [0.2, 0.25) is 0 Å². The number of rotatable bonds is 28. The van der Waals surface area contributed by atoms with E-state index in [9.17, 15) is 0 Å². The normalized spacial score (nSPS) is 30.0. The van der Waals surface area contributed by atoms with Gasteiger partial charge in [0.15, 0.2) is 0 Å². The summed E-state index contributed by atoms with van der Waals surface area (Å²) in [5, 5.41) is 0. The van der Waals surface area contributed by atoms with Gasteiger partial charge in [0.05, 0.1) is 6.04 Å². The molecule has 9 aliphatic rings. The summed E-state index contributed by atoms with van der Waals surface area (Å²) in [5.74, 6) is 6.06. The van der Waals surface area contributed by atoms with Crippen LogP contribution in [-0.4, -0.2) is 46.2 Å². The predicted octanol–water partition coefficient (Wildman–Crippen LogP) is 25.3. The number of hydrogen-bond acceptors (Lipinski definition) is 4. The van der Waals surface area contributed by atoms with Gasteiger partial charge in [0, 0.05) is 64.6 Å². The first-order chi connectivity index (χ1) is 48.8. The number of nitrogens with two attached hydrogens (primary N) is 2. The highest BCUT2D eigenvalue weighted by Crippen LogP contribution is 2.50. The van der Waals surface area contributed by atoms with Crippen molar-refractivity contribution in [2.24, 2.45) is 76.6 Å². The van der Waals surface area contributed by atoms with Crippen LogP contribution in [0.3, 0.4) is 0 Å². The van der Waals surface area contributed by atoms with E-state index < -0.39 is 0 Å². The van der Waals surface area contributed by atoms with Crippen LogP contribution in [0, 0.1) is 78.9 Å². The van der Waals surface area contributed by atoms with Crippen molar-refractivity contribution in [2.75, 3.05) is 4.90 Å². The summed E-state index contributed by atoms with van der Waals surface area (Å²) in [6.07, 6.45) is 77.2. The minimum atomic E-state index is -0.185. The molecule has 0 fully saturated rings. The molecule has 11 rings (SSSR count). The Morgan fingerprint density at radius 1 is 0.529 bits per heavy atom. The van der Waals surface area contributed by atoms with E-state index in [1.54, 1.807) is 22.3 Å². The maximum atomic E-state index is 6.66. The van der Waals surface area contributed by atoms with Crippen LogP contribution >= 0.6 is 0 Å². The van der Waals surface area contributed by atoms with Gasteiger partial charge >= 0.3 is 0 Å². The first-order valence-corrected chi connectivity index (χ1v) is 41.9. The van der Waals surface area contributed by atoms with Crippen molar-refractivity contribution in [3.63, 3.8) is 0 Å². The molecule has 4 heteroatoms. The lowest BCUT2D eigenvalue weighted by atomic mass is 9.65. The quantitative estimate of drug-likeness (QED) is 0.0658. The molecule has 0 saturated carbocycles. The van der Waals surface area contributed by atoms with E-state index in [2.05, 4.69) is 272 Å². The molecular weight excluding hydrogens is 1230 g/mol. The van der Waals surface area contributed by atoms with Crippen molar-refractivity contribution in [2.45, 2.75) is 306 Å². The molecule has 2 aromatic carbocycles. The van der Waals surface area contributed by atoms with E-state index in [-0.39, 0.29) is 17.1 Å². The lowest BCUT2D eigenvalue weighted by Crippen LogP contribution is -2.49. The Labute approximate surface area is 623 Å². The Kier molecular flexibility index (Phi) is 26.5. The predicted molar refractivity (Wildman–Crippen MR) is 444 cm³/mol. The van der Waals surface area contributed by atoms with Crippen LogP contribution in [0.4, 0.5) is 5.69 Å². The summed E-state index contributed by atoms with van der Waals surface area (Å²) in [7, 11) is 0. The zero-order valence-electron chi connectivity index (χ0n) is 67.1. The molecule has 15 unspecified atom stereocenters. The largest absolute Gasteiger partial charge is 0.358 e. The highest BCUT2D eigenvalue weighted by Gasteiger charge is 2.41. The summed E-state index contributed by atoms with van der Waals surface area (Å²) in [6, 6.07) is 16.6. The first kappa shape index (κ1) is 77.6. The van der Waals surface area contributed by atoms with Gasteiger partial charge in [0.25, 0.3) is 0 Å². The fraction of sp³-hybridized carbons (Fsp3) is 0.592. The van der Waals surface area contributed by atoms with Gasteiger partial charge in [-0.05, 0) is 280 Å². The summed E-state index contributed by atoms with van der Waals surface area (Å²) in [4.78, 5) is 5.82. The van der Waals surface area contributed by atoms with E-state index in [0.29, 0.717) is 95.2 Å². The molecule has 0 aromatic heterocycles. The van der Waals surface area contributed by atoms with Gasteiger partial charge in [0.1, 0.15) is 0 Å². The number of hydrogen-bond donors (Lipinski definition) is 2. The second-order valence-electron chi connectivity index (χ2n) is 36.2. The molecule has 2 aromatic rings. The smallest absolute Gasteiger partial charge is 0.0517 e. The molecule has 0 radical (unpaired) electrons. The molecule has 4 nitrogen and oxygen atoms in total. The average molecular weight is 1370 g/mol. The van der Waals surface area contributed by atoms with Gasteiger partial charge in [-0.15, -0.1) is 0 Å². The summed E-state index contributed by atoms with van der Waals surface area (Å²) < 4.78 is 0. The van der Waals surface area contributed by atoms with Gasteiger partial charge in [-0.2, -0.15) is 0 Å². The topological polar surface area (TPSA) is 58.5 Å². The molecule has 0 spiro atoms. The molecule has 102 heavy (non-hydrogen) atoms. The van der Waals surface area contributed by atoms with Gasteiger partial charge in [0.2, 0.25) is 0 Å². The fourth-order valence-electron chi connectivity index (χ4n) is 20.7. The van der Waals surface area contributed by atoms with Gasteiger partial charge < -0.3 is 16.4 Å². The van der Waals surface area contributed by atoms with E-state index in [1.807, 2.05) is 0 Å². The van der Waals surface area contributed by atoms with E-state index in [0.717, 1.165) is 51.4 Å². The van der Waals surface area contributed by atoms with Crippen molar-refractivity contribution in [1.29, 1.82) is 0 Å². The Morgan fingerprint density at radius 2 is 1.11 bits per heavy atom. The Hall–Kier alpha value is -5.52. The van der Waals surface area contributed by atoms with Crippen molar-refractivity contribution in [3.8, 4) is 0 Å². The monoisotopic (exact) mass is 1370 g/mol. The van der Waals surface area contributed by atoms with Crippen LogP contribution in [0.25, 0.3) is 5.57 Å². The zero-order chi connectivity index (χ0) is 72.6. The van der Waals surface area contributed by atoms with Crippen LogP contribution in [0.5, 0.6) is 0 Å². The maximum Gasteiger partial charge on any atom is 0.0517 e. The number of unbranched alkanes of at least 4 members (excludes halogenated alkanes) is 6. The third-order valence-electron chi connectivity index (χ3n) is 26.0. The van der Waals surface area contributed by atoms with Gasteiger partial charge in [-0.1, -0.05) is 255 Å². The second-order valence-corrected chi connectivity index (χ2v) is 36.2. The average Bonchev–Trinajstić information content (AvgIpc) is 0.779. The van der Waals surface area contributed by atoms with Crippen molar-refractivity contribution < 1.29 is 0 Å². The summed E-state index contributed by atoms with van der Waals surface area (Å²) in [6.45, 7) is 37.5. The molecule has 0 heterocycles. The molecule has 0 saturated heterocycles. The number of allylic oxidation sites excluding steroid dienone is 18. The molecule has 0 amide bonds. The molecule has 15 atom stereocenters. The zero-order valence-corrected chi connectivity index (χ0v) is 67.1. The van der Waals surface area contributed by atoms with Crippen molar-refractivity contribution in [1.82, 2.24) is 4.90 Å². The maximum absolute atomic E-state index is 6.66. The fourth-order valence-corrected chi connectivity index (χ4v) is 20.7. The minimum Gasteiger partial charge on any atom is -0.358 e. The molecular formula is C98H140N4. The summed E-state index contributed by atoms with van der Waals surface area (Å²) >= 11 is 0. The molecule has 9 aliphatic carbocycles. The van der Waals surface area contributed by atoms with Crippen LogP contribution in [0.15, 0.2) is 196 Å². The van der Waals surface area contributed by atoms with Crippen molar-refractivity contribution >= 4 is 11.3 Å². The number of aryl methyl sites for hydroxylation is 2. The number of anilines is 1. The third kappa shape index (κ3) is 19.0. The van der Waals surface area contributed by atoms with Crippen LogP contribution < -0.4 is 16.4 Å². The second kappa shape index (κ2) is 34.8. The molecule has 0 aliphatic heterocycles. The highest BCUT2D eigenvalue weighted by molar-refractivity contribution is 5.79. The number of nitrogens with zero attached hydrogens (tertiary/aromatic N) is 2. The minimum absolute atomic E-state index is 0.181. The third-order valence-corrected chi connectivity index (χ3v) is 26.0. The van der Waals surface area contributed by atoms with Crippen molar-refractivity contribution in [3.05, 3.63) is 224 Å². The first-order valence-electron chi connectivity index (χ1n) is 41.9. The van der Waals surface area contributed by atoms with Gasteiger partial charge in [-0.3, -0.25) is 4.90 Å². The van der Waals surface area contributed by atoms with Crippen LogP contribution in [0.1, 0.15) is 272 Å². The Morgan fingerprint density at radius 3 is 1.63 bits per heavy atom. The van der Waals surface area contributed by atoms with E-state index in [4.69, 9.17) is 11.5 Å². The van der Waals surface area contributed by atoms with E-state index in [1.165, 1.54) is 158 Å². The molecule has 552 valence electrons. The SMILES string of the molecule is CCCCCCC1=CC(C2CCC(N(C3C=CC(c4c(C)cc(CC(C)C)cc4C)=CC3)C3C=CC(C4C=CC(C(C)(C)N)CC4)=CC3)C=C2C)C(CCCCCC)C=C1C1CCC(N(c2ccc(C3C(C)=CC(CC(C)C)=CC3C)cc2)C2C=CC(C3C=CC(C(C)(C)N)CC3)=CC2)C=C1C. The van der Waals surface area contributed by atoms with E-state index >= 15 is 0 Å².